The predicted molar refractivity (Wildman–Crippen MR) is 128 cm³/mol. The van der Waals surface area contributed by atoms with Crippen LogP contribution in [0.15, 0.2) is 71.5 Å². The molecule has 0 aliphatic heterocycles. The van der Waals surface area contributed by atoms with Crippen molar-refractivity contribution in [2.24, 2.45) is 0 Å². The van der Waals surface area contributed by atoms with E-state index in [1.807, 2.05) is 0 Å². The second-order valence-corrected chi connectivity index (χ2v) is 7.29. The maximum Gasteiger partial charge on any atom is 0.359 e. The van der Waals surface area contributed by atoms with Gasteiger partial charge in [-0.25, -0.2) is 9.78 Å². The van der Waals surface area contributed by atoms with Gasteiger partial charge in [-0.05, 0) is 42.0 Å². The lowest BCUT2D eigenvalue weighted by Crippen LogP contribution is -2.21. The van der Waals surface area contributed by atoms with Crippen molar-refractivity contribution in [2.45, 2.75) is 0 Å². The zero-order chi connectivity index (χ0) is 25.5. The van der Waals surface area contributed by atoms with E-state index in [9.17, 15) is 14.9 Å². The van der Waals surface area contributed by atoms with Crippen LogP contribution in [-0.2, 0) is 9.53 Å². The molecule has 0 unspecified atom stereocenters. The van der Waals surface area contributed by atoms with Gasteiger partial charge in [0.05, 0.1) is 20.4 Å². The standard InChI is InChI=1S/C26H20N4O6/c1-33-18-7-3-16(4-8-18)23-20(13-27)25(36-24(23)17-5-9-19(34-2)10-6-17)30-22(31)15-35-26(32)21-14-28-11-12-29-21/h3-12,14H,15H2,1-2H3,(H,30,31). The number of aromatic nitrogens is 2. The number of hydrogen-bond donors (Lipinski definition) is 1. The van der Waals surface area contributed by atoms with E-state index in [2.05, 4.69) is 21.4 Å². The van der Waals surface area contributed by atoms with E-state index in [1.54, 1.807) is 62.8 Å². The van der Waals surface area contributed by atoms with Crippen LogP contribution in [0.1, 0.15) is 16.1 Å². The Kier molecular flexibility index (Phi) is 7.22. The fraction of sp³-hybridized carbons (Fsp3) is 0.115. The van der Waals surface area contributed by atoms with Crippen molar-refractivity contribution >= 4 is 17.8 Å². The Bertz CT molecular complexity index is 1410. The van der Waals surface area contributed by atoms with E-state index in [0.717, 1.165) is 0 Å². The summed E-state index contributed by atoms with van der Waals surface area (Å²) in [5, 5.41) is 12.5. The summed E-state index contributed by atoms with van der Waals surface area (Å²) in [4.78, 5) is 32.2. The topological polar surface area (TPSA) is 137 Å². The minimum Gasteiger partial charge on any atom is -0.497 e. The fourth-order valence-corrected chi connectivity index (χ4v) is 3.38. The fourth-order valence-electron chi connectivity index (χ4n) is 3.38. The number of rotatable bonds is 8. The molecule has 0 saturated carbocycles. The number of hydrogen-bond acceptors (Lipinski definition) is 9. The highest BCUT2D eigenvalue weighted by atomic mass is 16.5. The SMILES string of the molecule is COc1ccc(-c2oc(NC(=O)COC(=O)c3cnccn3)c(C#N)c2-c2ccc(OC)cc2)cc1. The Morgan fingerprint density at radius 3 is 2.17 bits per heavy atom. The first-order valence-corrected chi connectivity index (χ1v) is 10.6. The first-order chi connectivity index (χ1) is 17.5. The van der Waals surface area contributed by atoms with E-state index < -0.39 is 18.5 Å². The van der Waals surface area contributed by atoms with Crippen LogP contribution in [0.2, 0.25) is 0 Å². The predicted octanol–water partition coefficient (Wildman–Crippen LogP) is 4.09. The van der Waals surface area contributed by atoms with Gasteiger partial charge in [0.1, 0.15) is 28.9 Å². The van der Waals surface area contributed by atoms with Gasteiger partial charge in [-0.3, -0.25) is 15.1 Å². The summed E-state index contributed by atoms with van der Waals surface area (Å²) in [6.07, 6.45) is 3.97. The molecule has 0 aliphatic rings. The van der Waals surface area contributed by atoms with Gasteiger partial charge in [-0.2, -0.15) is 5.26 Å². The van der Waals surface area contributed by atoms with Crippen LogP contribution in [0.5, 0.6) is 11.5 Å². The summed E-state index contributed by atoms with van der Waals surface area (Å²) in [7, 11) is 3.12. The maximum absolute atomic E-state index is 12.6. The zero-order valence-electron chi connectivity index (χ0n) is 19.3. The quantitative estimate of drug-likeness (QED) is 0.367. The summed E-state index contributed by atoms with van der Waals surface area (Å²) in [5.41, 5.74) is 1.89. The van der Waals surface area contributed by atoms with E-state index in [0.29, 0.717) is 33.9 Å². The molecule has 0 atom stereocenters. The average molecular weight is 484 g/mol. The molecule has 36 heavy (non-hydrogen) atoms. The first kappa shape index (κ1) is 24.0. The van der Waals surface area contributed by atoms with E-state index in [1.165, 1.54) is 18.6 Å². The van der Waals surface area contributed by atoms with Crippen LogP contribution in [0, 0.1) is 11.3 Å². The average Bonchev–Trinajstić information content (AvgIpc) is 3.30. The number of esters is 1. The Morgan fingerprint density at radius 2 is 1.61 bits per heavy atom. The minimum absolute atomic E-state index is 0.0374. The summed E-state index contributed by atoms with van der Waals surface area (Å²) >= 11 is 0. The molecule has 10 heteroatoms. The molecule has 0 spiro atoms. The van der Waals surface area contributed by atoms with Crippen molar-refractivity contribution in [3.05, 3.63) is 78.4 Å². The second kappa shape index (κ2) is 10.8. The Morgan fingerprint density at radius 1 is 0.972 bits per heavy atom. The molecule has 180 valence electrons. The van der Waals surface area contributed by atoms with Crippen LogP contribution in [0.4, 0.5) is 5.88 Å². The van der Waals surface area contributed by atoms with Gasteiger partial charge in [0.2, 0.25) is 5.88 Å². The third-order valence-electron chi connectivity index (χ3n) is 5.11. The number of furan rings is 1. The first-order valence-electron chi connectivity index (χ1n) is 10.6. The monoisotopic (exact) mass is 484 g/mol. The van der Waals surface area contributed by atoms with E-state index in [-0.39, 0.29) is 17.1 Å². The van der Waals surface area contributed by atoms with Crippen LogP contribution in [-0.4, -0.2) is 42.7 Å². The highest BCUT2D eigenvalue weighted by Gasteiger charge is 2.25. The van der Waals surface area contributed by atoms with Gasteiger partial charge in [0.25, 0.3) is 5.91 Å². The number of carbonyl (C=O) groups is 2. The van der Waals surface area contributed by atoms with E-state index >= 15 is 0 Å². The minimum atomic E-state index is -0.809. The van der Waals surface area contributed by atoms with Crippen molar-refractivity contribution in [1.29, 1.82) is 5.26 Å². The molecule has 1 N–H and O–H groups in total. The number of benzene rings is 2. The molecule has 4 aromatic rings. The lowest BCUT2D eigenvalue weighted by atomic mass is 9.98. The molecule has 0 aliphatic carbocycles. The molecule has 1 amide bonds. The van der Waals surface area contributed by atoms with Crippen molar-refractivity contribution in [1.82, 2.24) is 9.97 Å². The number of nitrogens with one attached hydrogen (secondary N) is 1. The van der Waals surface area contributed by atoms with Crippen molar-refractivity contribution in [3.8, 4) is 40.0 Å². The lowest BCUT2D eigenvalue weighted by molar-refractivity contribution is -0.119. The van der Waals surface area contributed by atoms with Crippen LogP contribution in [0.3, 0.4) is 0 Å². The second-order valence-electron chi connectivity index (χ2n) is 7.29. The lowest BCUT2D eigenvalue weighted by Gasteiger charge is -2.06. The van der Waals surface area contributed by atoms with Crippen molar-refractivity contribution in [2.75, 3.05) is 26.1 Å². The van der Waals surface area contributed by atoms with Crippen molar-refractivity contribution in [3.63, 3.8) is 0 Å². The number of nitriles is 1. The molecule has 4 rings (SSSR count). The summed E-state index contributed by atoms with van der Waals surface area (Å²) in [6.45, 7) is -0.614. The van der Waals surface area contributed by atoms with E-state index in [4.69, 9.17) is 18.6 Å². The molecule has 0 fully saturated rings. The number of carbonyl (C=O) groups excluding carboxylic acids is 2. The highest BCUT2D eigenvalue weighted by molar-refractivity contribution is 5.97. The molecule has 0 bridgehead atoms. The number of ether oxygens (including phenoxy) is 3. The Hall–Kier alpha value is -5.17. The van der Waals surface area contributed by atoms with Gasteiger partial charge in [0, 0.05) is 23.5 Å². The van der Waals surface area contributed by atoms with Gasteiger partial charge in [-0.15, -0.1) is 0 Å². The Labute approximate surface area is 206 Å². The number of amides is 1. The number of nitrogens with zero attached hydrogens (tertiary/aromatic N) is 3. The highest BCUT2D eigenvalue weighted by Crippen LogP contribution is 2.42. The Balaban J connectivity index is 1.65. The molecular formula is C26H20N4O6. The van der Waals surface area contributed by atoms with Crippen LogP contribution in [0.25, 0.3) is 22.5 Å². The normalized spacial score (nSPS) is 10.2. The smallest absolute Gasteiger partial charge is 0.359 e. The number of anilines is 1. The molecule has 2 aromatic heterocycles. The molecule has 2 heterocycles. The summed E-state index contributed by atoms with van der Waals surface area (Å²) < 4.78 is 21.4. The third kappa shape index (κ3) is 5.15. The number of methoxy groups -OCH3 is 2. The molecule has 10 nitrogen and oxygen atoms in total. The van der Waals surface area contributed by atoms with Gasteiger partial charge >= 0.3 is 5.97 Å². The van der Waals surface area contributed by atoms with Crippen LogP contribution >= 0.6 is 0 Å². The summed E-state index contributed by atoms with van der Waals surface area (Å²) in [5.74, 6) is 0.0810. The van der Waals surface area contributed by atoms with Gasteiger partial charge in [0.15, 0.2) is 12.3 Å². The maximum atomic E-state index is 12.6. The van der Waals surface area contributed by atoms with Crippen molar-refractivity contribution < 1.29 is 28.2 Å². The van der Waals surface area contributed by atoms with Gasteiger partial charge in [-0.1, -0.05) is 12.1 Å². The largest absolute Gasteiger partial charge is 0.497 e. The van der Waals surface area contributed by atoms with Gasteiger partial charge < -0.3 is 18.6 Å². The summed E-state index contributed by atoms with van der Waals surface area (Å²) in [6, 6.07) is 16.3. The molecule has 0 saturated heterocycles. The third-order valence-corrected chi connectivity index (χ3v) is 5.11. The molecular weight excluding hydrogens is 464 g/mol. The zero-order valence-corrected chi connectivity index (χ0v) is 19.3. The van der Waals surface area contributed by atoms with Crippen LogP contribution < -0.4 is 14.8 Å². The molecule has 2 aromatic carbocycles. The molecule has 0 radical (unpaired) electrons.